The Hall–Kier alpha value is -1.57. The van der Waals surface area contributed by atoms with Crippen molar-refractivity contribution in [2.75, 3.05) is 43.4 Å². The zero-order chi connectivity index (χ0) is 15.9. The van der Waals surface area contributed by atoms with Gasteiger partial charge in [-0.05, 0) is 20.0 Å². The number of nitrogens with zero attached hydrogens (tertiary/aromatic N) is 3. The SMILES string of the molecule is CCNc1cc(NCCN(CC)CC)nc(C(F)(F)F)n1. The first kappa shape index (κ1) is 17.5. The highest BCUT2D eigenvalue weighted by Crippen LogP contribution is 2.28. The van der Waals surface area contributed by atoms with Gasteiger partial charge in [0.2, 0.25) is 5.82 Å². The van der Waals surface area contributed by atoms with Gasteiger partial charge < -0.3 is 15.5 Å². The van der Waals surface area contributed by atoms with Crippen LogP contribution in [-0.2, 0) is 6.18 Å². The van der Waals surface area contributed by atoms with E-state index in [1.54, 1.807) is 6.92 Å². The van der Waals surface area contributed by atoms with Crippen LogP contribution in [0.15, 0.2) is 6.07 Å². The van der Waals surface area contributed by atoms with E-state index in [1.807, 2.05) is 13.8 Å². The van der Waals surface area contributed by atoms with Crippen LogP contribution in [0.5, 0.6) is 0 Å². The number of halogens is 3. The van der Waals surface area contributed by atoms with Crippen LogP contribution < -0.4 is 10.6 Å². The molecule has 0 bridgehead atoms. The molecule has 8 heteroatoms. The third-order valence-corrected chi connectivity index (χ3v) is 2.97. The molecule has 0 aliphatic heterocycles. The number of aromatic nitrogens is 2. The van der Waals surface area contributed by atoms with Gasteiger partial charge in [-0.1, -0.05) is 13.8 Å². The Balaban J connectivity index is 2.78. The van der Waals surface area contributed by atoms with Crippen molar-refractivity contribution in [3.63, 3.8) is 0 Å². The number of alkyl halides is 3. The summed E-state index contributed by atoms with van der Waals surface area (Å²) in [6.45, 7) is 9.45. The van der Waals surface area contributed by atoms with E-state index in [9.17, 15) is 13.2 Å². The van der Waals surface area contributed by atoms with Gasteiger partial charge in [0.1, 0.15) is 11.6 Å². The summed E-state index contributed by atoms with van der Waals surface area (Å²) in [5.41, 5.74) is 0. The van der Waals surface area contributed by atoms with Crippen molar-refractivity contribution in [3.8, 4) is 0 Å². The number of nitrogens with one attached hydrogen (secondary N) is 2. The van der Waals surface area contributed by atoms with Crippen LogP contribution in [0.3, 0.4) is 0 Å². The van der Waals surface area contributed by atoms with Gasteiger partial charge in [0, 0.05) is 25.7 Å². The summed E-state index contributed by atoms with van der Waals surface area (Å²) in [5.74, 6) is -0.781. The monoisotopic (exact) mass is 305 g/mol. The second kappa shape index (κ2) is 8.02. The molecule has 2 N–H and O–H groups in total. The Labute approximate surface area is 123 Å². The summed E-state index contributed by atoms with van der Waals surface area (Å²) in [4.78, 5) is 9.17. The summed E-state index contributed by atoms with van der Waals surface area (Å²) < 4.78 is 38.3. The van der Waals surface area contributed by atoms with Crippen molar-refractivity contribution >= 4 is 11.6 Å². The molecule has 0 amide bonds. The minimum atomic E-state index is -4.55. The average Bonchev–Trinajstić information content (AvgIpc) is 2.43. The van der Waals surface area contributed by atoms with E-state index in [1.165, 1.54) is 6.07 Å². The molecule has 0 atom stereocenters. The first-order valence-electron chi connectivity index (χ1n) is 7.07. The highest BCUT2D eigenvalue weighted by Gasteiger charge is 2.35. The summed E-state index contributed by atoms with van der Waals surface area (Å²) in [5, 5.41) is 5.70. The Morgan fingerprint density at radius 2 is 1.62 bits per heavy atom. The molecule has 0 saturated carbocycles. The third kappa shape index (κ3) is 5.74. The molecule has 1 aromatic heterocycles. The Bertz CT molecular complexity index is 432. The van der Waals surface area contributed by atoms with Crippen LogP contribution in [0.1, 0.15) is 26.6 Å². The number of rotatable bonds is 8. The lowest BCUT2D eigenvalue weighted by atomic mass is 10.4. The smallest absolute Gasteiger partial charge is 0.370 e. The molecule has 0 radical (unpaired) electrons. The quantitative estimate of drug-likeness (QED) is 0.773. The highest BCUT2D eigenvalue weighted by atomic mass is 19.4. The molecule has 0 fully saturated rings. The van der Waals surface area contributed by atoms with E-state index in [0.717, 1.165) is 19.6 Å². The molecule has 0 aliphatic carbocycles. The lowest BCUT2D eigenvalue weighted by Crippen LogP contribution is -2.29. The minimum absolute atomic E-state index is 0.171. The van der Waals surface area contributed by atoms with Gasteiger partial charge in [-0.3, -0.25) is 0 Å². The van der Waals surface area contributed by atoms with E-state index >= 15 is 0 Å². The van der Waals surface area contributed by atoms with Crippen molar-refractivity contribution < 1.29 is 13.2 Å². The van der Waals surface area contributed by atoms with Gasteiger partial charge in [0.25, 0.3) is 0 Å². The zero-order valence-electron chi connectivity index (χ0n) is 12.6. The molecule has 1 aromatic rings. The molecule has 0 spiro atoms. The number of hydrogen-bond acceptors (Lipinski definition) is 5. The maximum atomic E-state index is 12.8. The Kier molecular flexibility index (Phi) is 6.67. The molecular weight excluding hydrogens is 283 g/mol. The Morgan fingerprint density at radius 1 is 1.05 bits per heavy atom. The molecule has 1 heterocycles. The molecular formula is C13H22F3N5. The Morgan fingerprint density at radius 3 is 2.10 bits per heavy atom. The summed E-state index contributed by atoms with van der Waals surface area (Å²) in [7, 11) is 0. The maximum Gasteiger partial charge on any atom is 0.451 e. The van der Waals surface area contributed by atoms with Gasteiger partial charge in [-0.15, -0.1) is 0 Å². The van der Waals surface area contributed by atoms with Gasteiger partial charge >= 0.3 is 6.18 Å². The normalized spacial score (nSPS) is 11.8. The molecule has 0 aliphatic rings. The lowest BCUT2D eigenvalue weighted by Gasteiger charge is -2.18. The van der Waals surface area contributed by atoms with Crippen molar-refractivity contribution in [3.05, 3.63) is 11.9 Å². The first-order valence-corrected chi connectivity index (χ1v) is 7.07. The second-order valence-corrected chi connectivity index (χ2v) is 4.44. The first-order chi connectivity index (χ1) is 9.90. The molecule has 1 rings (SSSR count). The fraction of sp³-hybridized carbons (Fsp3) is 0.692. The van der Waals surface area contributed by atoms with E-state index in [-0.39, 0.29) is 11.6 Å². The summed E-state index contributed by atoms with van der Waals surface area (Å²) in [6.07, 6.45) is -4.55. The summed E-state index contributed by atoms with van der Waals surface area (Å²) >= 11 is 0. The fourth-order valence-corrected chi connectivity index (χ4v) is 1.82. The number of likely N-dealkylation sites (N-methyl/N-ethyl adjacent to an activating group) is 1. The van der Waals surface area contributed by atoms with Crippen LogP contribution in [0.25, 0.3) is 0 Å². The molecule has 0 unspecified atom stereocenters. The van der Waals surface area contributed by atoms with Gasteiger partial charge in [-0.25, -0.2) is 9.97 Å². The highest BCUT2D eigenvalue weighted by molar-refractivity contribution is 5.47. The van der Waals surface area contributed by atoms with Gasteiger partial charge in [-0.2, -0.15) is 13.2 Å². The van der Waals surface area contributed by atoms with Gasteiger partial charge in [0.15, 0.2) is 0 Å². The lowest BCUT2D eigenvalue weighted by molar-refractivity contribution is -0.144. The van der Waals surface area contributed by atoms with Crippen LogP contribution in [-0.4, -0.2) is 47.6 Å². The van der Waals surface area contributed by atoms with E-state index in [4.69, 9.17) is 0 Å². The zero-order valence-corrected chi connectivity index (χ0v) is 12.6. The van der Waals surface area contributed by atoms with E-state index in [2.05, 4.69) is 25.5 Å². The van der Waals surface area contributed by atoms with Crippen molar-refractivity contribution in [2.24, 2.45) is 0 Å². The average molecular weight is 305 g/mol. The molecule has 120 valence electrons. The standard InChI is InChI=1S/C13H22F3N5/c1-4-17-10-9-11(18-7-8-21(5-2)6-3)20-12(19-10)13(14,15)16/h9H,4-8H2,1-3H3,(H2,17,18,19,20). The third-order valence-electron chi connectivity index (χ3n) is 2.97. The number of hydrogen-bond donors (Lipinski definition) is 2. The van der Waals surface area contributed by atoms with Crippen LogP contribution in [0.4, 0.5) is 24.8 Å². The summed E-state index contributed by atoms with van der Waals surface area (Å²) in [6, 6.07) is 1.49. The van der Waals surface area contributed by atoms with Gasteiger partial charge in [0.05, 0.1) is 0 Å². The van der Waals surface area contributed by atoms with Crippen LogP contribution in [0.2, 0.25) is 0 Å². The fourth-order valence-electron chi connectivity index (χ4n) is 1.82. The largest absolute Gasteiger partial charge is 0.451 e. The topological polar surface area (TPSA) is 53.1 Å². The predicted molar refractivity (Wildman–Crippen MR) is 77.5 cm³/mol. The van der Waals surface area contributed by atoms with Crippen molar-refractivity contribution in [1.29, 1.82) is 0 Å². The van der Waals surface area contributed by atoms with Crippen molar-refractivity contribution in [1.82, 2.24) is 14.9 Å². The van der Waals surface area contributed by atoms with E-state index in [0.29, 0.717) is 13.1 Å². The molecule has 0 aromatic carbocycles. The van der Waals surface area contributed by atoms with Crippen LogP contribution in [0, 0.1) is 0 Å². The maximum absolute atomic E-state index is 12.8. The minimum Gasteiger partial charge on any atom is -0.370 e. The van der Waals surface area contributed by atoms with Crippen molar-refractivity contribution in [2.45, 2.75) is 26.9 Å². The molecule has 5 nitrogen and oxygen atoms in total. The predicted octanol–water partition coefficient (Wildman–Crippen LogP) is 2.68. The second-order valence-electron chi connectivity index (χ2n) is 4.44. The molecule has 0 saturated heterocycles. The van der Waals surface area contributed by atoms with Crippen LogP contribution >= 0.6 is 0 Å². The van der Waals surface area contributed by atoms with E-state index < -0.39 is 12.0 Å². The number of anilines is 2. The molecule has 21 heavy (non-hydrogen) atoms.